The Morgan fingerprint density at radius 2 is 1.32 bits per heavy atom. The molecule has 0 spiro atoms. The lowest BCUT2D eigenvalue weighted by Gasteiger charge is -2.41. The second-order valence-corrected chi connectivity index (χ2v) is 19.8. The average molecular weight is 1100 g/mol. The van der Waals surface area contributed by atoms with Crippen LogP contribution in [0.2, 0.25) is 0 Å². The first-order valence-corrected chi connectivity index (χ1v) is 26.5. The standard InChI is InChI=1S/C55H79F2N7O14/c1-55(2,3)52(54-61-47(45-32-44(56)9-10-46(45)57)37-62(54)35-40-7-5-4-6-8-40)64(51(69)38-65)36-43-34-59-33-41(43)31-42(53(58)70)39-78-30-29-77-28-27-76-26-25-75-24-23-74-22-21-73-20-19-72-18-17-71-16-14-60-48(66)13-15-63-49(67)11-12-50(63)68/h4-12,32,37,41-43,52,59,65H,13-31,33-36,38-39H2,1-3H3,(H2,58,70)(H,60,66)/t41?,42?,43?,52-/m0/s1. The number of imidazole rings is 1. The smallest absolute Gasteiger partial charge is 0.253 e. The van der Waals surface area contributed by atoms with E-state index in [1.165, 1.54) is 12.2 Å². The molecule has 78 heavy (non-hydrogen) atoms. The highest BCUT2D eigenvalue weighted by atomic mass is 19.1. The van der Waals surface area contributed by atoms with Crippen molar-refractivity contribution >= 4 is 29.5 Å². The first-order chi connectivity index (χ1) is 37.7. The van der Waals surface area contributed by atoms with Crippen LogP contribution in [0.5, 0.6) is 0 Å². The van der Waals surface area contributed by atoms with Gasteiger partial charge in [0.25, 0.3) is 11.8 Å². The number of aliphatic hydroxyl groups is 1. The van der Waals surface area contributed by atoms with Crippen LogP contribution in [0.15, 0.2) is 66.9 Å². The molecule has 2 aromatic carbocycles. The molecule has 3 unspecified atom stereocenters. The van der Waals surface area contributed by atoms with E-state index in [2.05, 4.69) is 10.6 Å². The number of aliphatic hydroxyl groups excluding tert-OH is 1. The minimum absolute atomic E-state index is 0.0126. The van der Waals surface area contributed by atoms with Gasteiger partial charge in [0.2, 0.25) is 17.7 Å². The van der Waals surface area contributed by atoms with E-state index in [-0.39, 0.29) is 68.3 Å². The Morgan fingerprint density at radius 1 is 0.782 bits per heavy atom. The number of halogens is 2. The number of rotatable bonds is 40. The van der Waals surface area contributed by atoms with Gasteiger partial charge in [-0.1, -0.05) is 51.1 Å². The van der Waals surface area contributed by atoms with Gasteiger partial charge >= 0.3 is 0 Å². The predicted molar refractivity (Wildman–Crippen MR) is 281 cm³/mol. The third kappa shape index (κ3) is 21.9. The molecule has 432 valence electrons. The van der Waals surface area contributed by atoms with Crippen molar-refractivity contribution in [2.45, 2.75) is 46.2 Å². The molecule has 1 aromatic heterocycles. The molecule has 4 atom stereocenters. The molecular weight excluding hydrogens is 1020 g/mol. The maximum absolute atomic E-state index is 15.2. The van der Waals surface area contributed by atoms with Crippen LogP contribution in [0.25, 0.3) is 11.3 Å². The fourth-order valence-electron chi connectivity index (χ4n) is 8.96. The number of hydrogen-bond donors (Lipinski definition) is 4. The van der Waals surface area contributed by atoms with E-state index >= 15 is 4.39 Å². The molecule has 3 heterocycles. The van der Waals surface area contributed by atoms with Crippen LogP contribution >= 0.6 is 0 Å². The maximum atomic E-state index is 15.2. The molecule has 5 rings (SSSR count). The average Bonchev–Trinajstić information content (AvgIpc) is 4.13. The van der Waals surface area contributed by atoms with Crippen molar-refractivity contribution < 1.29 is 75.8 Å². The summed E-state index contributed by atoms with van der Waals surface area (Å²) in [5.41, 5.74) is 6.37. The number of aromatic nitrogens is 2. The lowest BCUT2D eigenvalue weighted by atomic mass is 9.82. The monoisotopic (exact) mass is 1100 g/mol. The Kier molecular flexibility index (Phi) is 27.9. The van der Waals surface area contributed by atoms with E-state index in [1.807, 2.05) is 55.7 Å². The first kappa shape index (κ1) is 63.2. The van der Waals surface area contributed by atoms with Crippen molar-refractivity contribution in [3.05, 3.63) is 89.9 Å². The highest BCUT2D eigenvalue weighted by Gasteiger charge is 2.42. The van der Waals surface area contributed by atoms with Crippen molar-refractivity contribution in [3.8, 4) is 11.3 Å². The fourth-order valence-corrected chi connectivity index (χ4v) is 8.96. The summed E-state index contributed by atoms with van der Waals surface area (Å²) in [7, 11) is 0. The molecule has 0 aliphatic carbocycles. The van der Waals surface area contributed by atoms with Gasteiger partial charge in [0, 0.05) is 56.5 Å². The van der Waals surface area contributed by atoms with Crippen LogP contribution in [0.1, 0.15) is 51.0 Å². The van der Waals surface area contributed by atoms with Crippen LogP contribution in [-0.4, -0.2) is 199 Å². The fraction of sp³-hybridized carbons (Fsp3) is 0.600. The van der Waals surface area contributed by atoms with Crippen LogP contribution in [-0.2, 0) is 68.4 Å². The molecule has 2 aliphatic rings. The van der Waals surface area contributed by atoms with Gasteiger partial charge in [0.15, 0.2) is 0 Å². The predicted octanol–water partition coefficient (Wildman–Crippen LogP) is 2.68. The number of nitrogens with zero attached hydrogens (tertiary/aromatic N) is 4. The van der Waals surface area contributed by atoms with Crippen LogP contribution < -0.4 is 16.4 Å². The van der Waals surface area contributed by atoms with Gasteiger partial charge in [-0.15, -0.1) is 0 Å². The third-order valence-corrected chi connectivity index (χ3v) is 12.9. The first-order valence-electron chi connectivity index (χ1n) is 26.5. The highest BCUT2D eigenvalue weighted by molar-refractivity contribution is 6.13. The molecule has 2 aliphatic heterocycles. The van der Waals surface area contributed by atoms with Crippen molar-refractivity contribution in [1.29, 1.82) is 0 Å². The second kappa shape index (κ2) is 34.4. The lowest BCUT2D eigenvalue weighted by molar-refractivity contribution is -0.141. The lowest BCUT2D eigenvalue weighted by Crippen LogP contribution is -2.47. The number of benzene rings is 2. The molecule has 21 nitrogen and oxygen atoms in total. The molecule has 5 N–H and O–H groups in total. The number of nitrogens with one attached hydrogen (secondary N) is 2. The van der Waals surface area contributed by atoms with Crippen molar-refractivity contribution in [2.24, 2.45) is 28.9 Å². The molecule has 5 amide bonds. The Bertz CT molecular complexity index is 2320. The number of primary amides is 1. The Hall–Kier alpha value is -5.60. The SMILES string of the molecule is CC(C)(C)[C@H](c1nc(-c2cc(F)ccc2F)cn1Cc1ccccc1)N(CC1CNCC1CC(COCCOCCOCCOCCOCCOCCOCCOCCNC(=O)CCN1C(=O)C=CC1=O)C(N)=O)C(=O)CO. The van der Waals surface area contributed by atoms with Gasteiger partial charge in [-0.25, -0.2) is 13.8 Å². The Balaban J connectivity index is 0.902. The van der Waals surface area contributed by atoms with Gasteiger partial charge in [0.1, 0.15) is 24.1 Å². The van der Waals surface area contributed by atoms with Crippen LogP contribution in [0.4, 0.5) is 8.78 Å². The number of imide groups is 1. The minimum Gasteiger partial charge on any atom is -0.387 e. The topological polar surface area (TPSA) is 254 Å². The van der Waals surface area contributed by atoms with E-state index in [1.54, 1.807) is 11.1 Å². The summed E-state index contributed by atoms with van der Waals surface area (Å²) in [6, 6.07) is 12.1. The number of nitrogens with two attached hydrogens (primary N) is 1. The summed E-state index contributed by atoms with van der Waals surface area (Å²) >= 11 is 0. The number of carbonyl (C=O) groups is 5. The van der Waals surface area contributed by atoms with Gasteiger partial charge in [-0.05, 0) is 60.5 Å². The number of hydrogen-bond acceptors (Lipinski definition) is 16. The minimum atomic E-state index is -0.759. The van der Waals surface area contributed by atoms with Crippen molar-refractivity contribution in [3.63, 3.8) is 0 Å². The summed E-state index contributed by atoms with van der Waals surface area (Å²) in [6.45, 7) is 12.7. The van der Waals surface area contributed by atoms with E-state index in [0.717, 1.165) is 28.7 Å². The largest absolute Gasteiger partial charge is 0.387 e. The summed E-state index contributed by atoms with van der Waals surface area (Å²) < 4.78 is 76.0. The van der Waals surface area contributed by atoms with Gasteiger partial charge in [-0.3, -0.25) is 28.9 Å². The van der Waals surface area contributed by atoms with Crippen LogP contribution in [0, 0.1) is 34.8 Å². The Labute approximate surface area is 455 Å². The molecular formula is C55H79F2N7O14. The number of amides is 5. The molecule has 0 saturated carbocycles. The number of ether oxygens (including phenoxy) is 8. The Morgan fingerprint density at radius 3 is 1.86 bits per heavy atom. The summed E-state index contributed by atoms with van der Waals surface area (Å²) in [5.74, 6) is -3.75. The summed E-state index contributed by atoms with van der Waals surface area (Å²) in [5, 5.41) is 16.5. The molecule has 3 aromatic rings. The van der Waals surface area contributed by atoms with Crippen molar-refractivity contribution in [1.82, 2.24) is 30.0 Å². The third-order valence-electron chi connectivity index (χ3n) is 12.9. The van der Waals surface area contributed by atoms with Gasteiger partial charge in [-0.2, -0.15) is 0 Å². The quantitative estimate of drug-likeness (QED) is 0.0472. The molecule has 1 fully saturated rings. The maximum Gasteiger partial charge on any atom is 0.253 e. The highest BCUT2D eigenvalue weighted by Crippen LogP contribution is 2.41. The van der Waals surface area contributed by atoms with E-state index < -0.39 is 59.2 Å². The summed E-state index contributed by atoms with van der Waals surface area (Å²) in [6.07, 6.45) is 4.47. The molecule has 0 radical (unpaired) electrons. The molecule has 23 heteroatoms. The number of carbonyl (C=O) groups excluding carboxylic acids is 5. The zero-order valence-electron chi connectivity index (χ0n) is 45.2. The van der Waals surface area contributed by atoms with E-state index in [4.69, 9.17) is 48.6 Å². The van der Waals surface area contributed by atoms with Gasteiger partial charge < -0.3 is 68.8 Å². The van der Waals surface area contributed by atoms with Gasteiger partial charge in [0.05, 0.1) is 123 Å². The van der Waals surface area contributed by atoms with Crippen LogP contribution in [0.3, 0.4) is 0 Å². The van der Waals surface area contributed by atoms with E-state index in [9.17, 15) is 33.5 Å². The zero-order valence-corrected chi connectivity index (χ0v) is 45.2. The summed E-state index contributed by atoms with van der Waals surface area (Å²) in [4.78, 5) is 69.1. The van der Waals surface area contributed by atoms with E-state index in [0.29, 0.717) is 124 Å². The second-order valence-electron chi connectivity index (χ2n) is 19.8. The zero-order chi connectivity index (χ0) is 56.1. The molecule has 1 saturated heterocycles. The van der Waals surface area contributed by atoms with Crippen molar-refractivity contribution in [2.75, 3.05) is 145 Å². The normalized spacial score (nSPS) is 16.3. The molecule has 0 bridgehead atoms.